The maximum absolute atomic E-state index is 11.1. The van der Waals surface area contributed by atoms with Crippen LogP contribution in [-0.4, -0.2) is 12.1 Å². The summed E-state index contributed by atoms with van der Waals surface area (Å²) in [4.78, 5) is 11.1. The van der Waals surface area contributed by atoms with E-state index in [0.29, 0.717) is 6.42 Å². The zero-order valence-electron chi connectivity index (χ0n) is 13.2. The highest BCUT2D eigenvalue weighted by Crippen LogP contribution is 2.18. The third-order valence-corrected chi connectivity index (χ3v) is 3.99. The van der Waals surface area contributed by atoms with Crippen molar-refractivity contribution in [2.24, 2.45) is 0 Å². The molecule has 0 spiro atoms. The second kappa shape index (κ2) is 12.0. The van der Waals surface area contributed by atoms with Gasteiger partial charge in [-0.1, -0.05) is 51.2 Å². The summed E-state index contributed by atoms with van der Waals surface area (Å²) in [5.41, 5.74) is 0. The Balaban J connectivity index is 1.85. The summed E-state index contributed by atoms with van der Waals surface area (Å²) < 4.78 is 5.32. The molecule has 2 heteroatoms. The highest BCUT2D eigenvalue weighted by molar-refractivity contribution is 5.70. The monoisotopic (exact) mass is 280 g/mol. The van der Waals surface area contributed by atoms with E-state index in [9.17, 15) is 4.79 Å². The number of cyclic esters (lactones) is 1. The van der Waals surface area contributed by atoms with Crippen LogP contribution in [0.3, 0.4) is 0 Å². The smallest absolute Gasteiger partial charge is 0.306 e. The largest absolute Gasteiger partial charge is 0.462 e. The van der Waals surface area contributed by atoms with Gasteiger partial charge in [-0.15, -0.1) is 0 Å². The Bertz CT molecular complexity index is 271. The predicted molar refractivity (Wildman–Crippen MR) is 84.7 cm³/mol. The molecule has 2 nitrogen and oxygen atoms in total. The SMILES string of the molecule is CCCCCCCC/C=C\CCCC1CCCC(=O)O1. The molecule has 0 aliphatic carbocycles. The lowest BCUT2D eigenvalue weighted by Crippen LogP contribution is -2.23. The lowest BCUT2D eigenvalue weighted by Gasteiger charge is -2.21. The molecule has 1 unspecified atom stereocenters. The predicted octanol–water partition coefficient (Wildman–Crippen LogP) is 5.56. The van der Waals surface area contributed by atoms with E-state index in [1.165, 1.54) is 44.9 Å². The fourth-order valence-electron chi connectivity index (χ4n) is 2.72. The molecule has 0 amide bonds. The first kappa shape index (κ1) is 17.3. The van der Waals surface area contributed by atoms with Gasteiger partial charge in [0.1, 0.15) is 6.10 Å². The molecule has 0 bridgehead atoms. The minimum Gasteiger partial charge on any atom is -0.462 e. The zero-order chi connectivity index (χ0) is 14.5. The van der Waals surface area contributed by atoms with E-state index in [2.05, 4.69) is 19.1 Å². The molecule has 1 aliphatic heterocycles. The minimum atomic E-state index is -0.000125. The average Bonchev–Trinajstić information content (AvgIpc) is 2.45. The Hall–Kier alpha value is -0.790. The lowest BCUT2D eigenvalue weighted by atomic mass is 10.0. The quantitative estimate of drug-likeness (QED) is 0.281. The number of ether oxygens (including phenoxy) is 1. The summed E-state index contributed by atoms with van der Waals surface area (Å²) in [6, 6.07) is 0. The molecule has 1 atom stereocenters. The van der Waals surface area contributed by atoms with Gasteiger partial charge in [-0.05, 0) is 44.9 Å². The number of unbranched alkanes of at least 4 members (excludes halogenated alkanes) is 7. The van der Waals surface area contributed by atoms with E-state index in [4.69, 9.17) is 4.74 Å². The third kappa shape index (κ3) is 9.17. The third-order valence-electron chi connectivity index (χ3n) is 3.99. The van der Waals surface area contributed by atoms with Crippen LogP contribution >= 0.6 is 0 Å². The molecule has 0 aromatic heterocycles. The van der Waals surface area contributed by atoms with Crippen LogP contribution in [0.2, 0.25) is 0 Å². The van der Waals surface area contributed by atoms with Crippen LogP contribution in [0.1, 0.15) is 90.4 Å². The molecule has 0 aromatic rings. The van der Waals surface area contributed by atoms with Crippen LogP contribution in [0, 0.1) is 0 Å². The van der Waals surface area contributed by atoms with Crippen molar-refractivity contribution in [1.82, 2.24) is 0 Å². The molecule has 1 rings (SSSR count). The number of carbonyl (C=O) groups excluding carboxylic acids is 1. The minimum absolute atomic E-state index is 0.000125. The second-order valence-electron chi connectivity index (χ2n) is 5.96. The molecule has 0 radical (unpaired) electrons. The van der Waals surface area contributed by atoms with Crippen molar-refractivity contribution in [1.29, 1.82) is 0 Å². The molecular weight excluding hydrogens is 248 g/mol. The van der Waals surface area contributed by atoms with E-state index in [0.717, 1.165) is 32.1 Å². The topological polar surface area (TPSA) is 26.3 Å². The summed E-state index contributed by atoms with van der Waals surface area (Å²) >= 11 is 0. The van der Waals surface area contributed by atoms with Crippen molar-refractivity contribution in [2.45, 2.75) is 96.5 Å². The molecule has 0 aromatic carbocycles. The van der Waals surface area contributed by atoms with Gasteiger partial charge in [0.25, 0.3) is 0 Å². The Morgan fingerprint density at radius 3 is 2.50 bits per heavy atom. The van der Waals surface area contributed by atoms with Gasteiger partial charge in [-0.3, -0.25) is 4.79 Å². The number of hydrogen-bond donors (Lipinski definition) is 0. The highest BCUT2D eigenvalue weighted by atomic mass is 16.5. The molecule has 1 heterocycles. The van der Waals surface area contributed by atoms with Gasteiger partial charge >= 0.3 is 5.97 Å². The van der Waals surface area contributed by atoms with Crippen LogP contribution in [0.15, 0.2) is 12.2 Å². The van der Waals surface area contributed by atoms with Crippen molar-refractivity contribution in [3.63, 3.8) is 0 Å². The van der Waals surface area contributed by atoms with Gasteiger partial charge in [0.15, 0.2) is 0 Å². The summed E-state index contributed by atoms with van der Waals surface area (Å²) in [7, 11) is 0. The van der Waals surface area contributed by atoms with Crippen molar-refractivity contribution in [3.8, 4) is 0 Å². The van der Waals surface area contributed by atoms with Crippen LogP contribution in [-0.2, 0) is 9.53 Å². The summed E-state index contributed by atoms with van der Waals surface area (Å²) in [5.74, 6) is -0.000125. The van der Waals surface area contributed by atoms with E-state index < -0.39 is 0 Å². The molecule has 0 N–H and O–H groups in total. The van der Waals surface area contributed by atoms with Crippen molar-refractivity contribution < 1.29 is 9.53 Å². The Morgan fingerprint density at radius 2 is 1.75 bits per heavy atom. The van der Waals surface area contributed by atoms with Crippen LogP contribution in [0.25, 0.3) is 0 Å². The first-order valence-electron chi connectivity index (χ1n) is 8.67. The van der Waals surface area contributed by atoms with Gasteiger partial charge in [0, 0.05) is 6.42 Å². The highest BCUT2D eigenvalue weighted by Gasteiger charge is 2.19. The molecular formula is C18H32O2. The maximum atomic E-state index is 11.1. The normalized spacial score (nSPS) is 19.4. The Labute approximate surface area is 125 Å². The first-order valence-corrected chi connectivity index (χ1v) is 8.67. The van der Waals surface area contributed by atoms with Crippen molar-refractivity contribution in [3.05, 3.63) is 12.2 Å². The number of esters is 1. The summed E-state index contributed by atoms with van der Waals surface area (Å²) in [5, 5.41) is 0. The van der Waals surface area contributed by atoms with E-state index >= 15 is 0 Å². The van der Waals surface area contributed by atoms with Gasteiger partial charge in [-0.2, -0.15) is 0 Å². The van der Waals surface area contributed by atoms with Crippen LogP contribution in [0.5, 0.6) is 0 Å². The van der Waals surface area contributed by atoms with Crippen LogP contribution < -0.4 is 0 Å². The summed E-state index contributed by atoms with van der Waals surface area (Å²) in [6.07, 6.45) is 20.3. The van der Waals surface area contributed by atoms with E-state index in [1.54, 1.807) is 0 Å². The molecule has 0 saturated carbocycles. The lowest BCUT2D eigenvalue weighted by molar-refractivity contribution is -0.154. The fraction of sp³-hybridized carbons (Fsp3) is 0.833. The van der Waals surface area contributed by atoms with Crippen molar-refractivity contribution in [2.75, 3.05) is 0 Å². The van der Waals surface area contributed by atoms with Gasteiger partial charge in [0.05, 0.1) is 0 Å². The standard InChI is InChI=1S/C18H32O2/c1-2-3-4-5-6-7-8-9-10-11-12-14-17-15-13-16-18(19)20-17/h9-10,17H,2-8,11-16H2,1H3/b10-9-. The maximum Gasteiger partial charge on any atom is 0.306 e. The Morgan fingerprint density at radius 1 is 1.05 bits per heavy atom. The van der Waals surface area contributed by atoms with Gasteiger partial charge in [-0.25, -0.2) is 0 Å². The molecule has 1 aliphatic rings. The second-order valence-corrected chi connectivity index (χ2v) is 5.96. The number of rotatable bonds is 11. The Kier molecular flexibility index (Phi) is 10.3. The first-order chi connectivity index (χ1) is 9.83. The molecule has 1 saturated heterocycles. The number of carbonyl (C=O) groups is 1. The molecule has 1 fully saturated rings. The van der Waals surface area contributed by atoms with Gasteiger partial charge in [0.2, 0.25) is 0 Å². The zero-order valence-corrected chi connectivity index (χ0v) is 13.2. The summed E-state index contributed by atoms with van der Waals surface area (Å²) in [6.45, 7) is 2.26. The average molecular weight is 280 g/mol. The molecule has 20 heavy (non-hydrogen) atoms. The van der Waals surface area contributed by atoms with Crippen LogP contribution in [0.4, 0.5) is 0 Å². The number of hydrogen-bond acceptors (Lipinski definition) is 2. The fourth-order valence-corrected chi connectivity index (χ4v) is 2.72. The van der Waals surface area contributed by atoms with E-state index in [1.807, 2.05) is 0 Å². The van der Waals surface area contributed by atoms with E-state index in [-0.39, 0.29) is 12.1 Å². The number of allylic oxidation sites excluding steroid dienone is 2. The van der Waals surface area contributed by atoms with Crippen molar-refractivity contribution >= 4 is 5.97 Å². The van der Waals surface area contributed by atoms with Gasteiger partial charge < -0.3 is 4.74 Å². The molecule has 116 valence electrons.